The summed E-state index contributed by atoms with van der Waals surface area (Å²) in [5, 5.41) is 0.591. The first-order valence-corrected chi connectivity index (χ1v) is 8.16. The fourth-order valence-corrected chi connectivity index (χ4v) is 4.46. The van der Waals surface area contributed by atoms with E-state index < -0.39 is 10.0 Å². The third-order valence-corrected chi connectivity index (χ3v) is 5.93. The Kier molecular flexibility index (Phi) is 4.42. The third-order valence-electron chi connectivity index (χ3n) is 3.08. The van der Waals surface area contributed by atoms with Gasteiger partial charge in [-0.1, -0.05) is 27.7 Å². The van der Waals surface area contributed by atoms with Crippen LogP contribution >= 0.6 is 23.2 Å². The van der Waals surface area contributed by atoms with E-state index in [0.717, 1.165) is 17.3 Å². The Balaban J connectivity index is 2.57. The zero-order valence-electron chi connectivity index (χ0n) is 10.7. The summed E-state index contributed by atoms with van der Waals surface area (Å²) in [6.07, 6.45) is 1.63. The molecule has 0 saturated carbocycles. The molecule has 0 radical (unpaired) electrons. The smallest absolute Gasteiger partial charge is 0.266 e. The molecule has 7 heteroatoms. The fraction of sp³-hybridized carbons (Fsp3) is 0.500. The summed E-state index contributed by atoms with van der Waals surface area (Å²) < 4.78 is 26.2. The van der Waals surface area contributed by atoms with E-state index in [2.05, 4.69) is 0 Å². The topological polar surface area (TPSA) is 46.6 Å². The summed E-state index contributed by atoms with van der Waals surface area (Å²) in [5.41, 5.74) is 1.08. The van der Waals surface area contributed by atoms with E-state index in [4.69, 9.17) is 28.0 Å². The van der Waals surface area contributed by atoms with Crippen LogP contribution in [0.3, 0.4) is 0 Å². The number of hydroxylamine groups is 1. The number of rotatable bonds is 2. The Labute approximate surface area is 123 Å². The van der Waals surface area contributed by atoms with Crippen molar-refractivity contribution in [3.05, 3.63) is 27.2 Å². The first-order valence-electron chi connectivity index (χ1n) is 5.96. The lowest BCUT2D eigenvalue weighted by atomic mass is 10.2. The highest BCUT2D eigenvalue weighted by Gasteiger charge is 2.32. The number of nitrogens with zero attached hydrogens (tertiary/aromatic N) is 1. The van der Waals surface area contributed by atoms with E-state index in [1.165, 1.54) is 0 Å². The SMILES string of the molecule is Cc1cc(Cl)c(C)c(S(=O)(=O)N2CCCCO2)c1Cl. The minimum absolute atomic E-state index is 0.0427. The maximum Gasteiger partial charge on any atom is 0.266 e. The highest BCUT2D eigenvalue weighted by Crippen LogP contribution is 2.35. The van der Waals surface area contributed by atoms with E-state index in [1.54, 1.807) is 19.9 Å². The molecule has 1 heterocycles. The summed E-state index contributed by atoms with van der Waals surface area (Å²) in [4.78, 5) is 5.27. The van der Waals surface area contributed by atoms with Crippen LogP contribution in [0.15, 0.2) is 11.0 Å². The standard InChI is InChI=1S/C12H15Cl2NO3S/c1-8-7-10(13)9(2)12(11(8)14)19(16,17)15-5-3-4-6-18-15/h7H,3-6H2,1-2H3. The zero-order valence-corrected chi connectivity index (χ0v) is 13.1. The minimum Gasteiger partial charge on any atom is -0.284 e. The van der Waals surface area contributed by atoms with Crippen LogP contribution in [-0.4, -0.2) is 26.0 Å². The number of sulfonamides is 1. The molecule has 0 amide bonds. The van der Waals surface area contributed by atoms with E-state index in [1.807, 2.05) is 0 Å². The van der Waals surface area contributed by atoms with Gasteiger partial charge in [-0.15, -0.1) is 0 Å². The minimum atomic E-state index is -3.77. The number of halogens is 2. The van der Waals surface area contributed by atoms with Gasteiger partial charge in [-0.25, -0.2) is 8.42 Å². The molecule has 0 atom stereocenters. The molecule has 2 rings (SSSR count). The van der Waals surface area contributed by atoms with Crippen LogP contribution < -0.4 is 0 Å². The van der Waals surface area contributed by atoms with Gasteiger partial charge in [0.05, 0.1) is 11.6 Å². The summed E-state index contributed by atoms with van der Waals surface area (Å²) in [7, 11) is -3.77. The van der Waals surface area contributed by atoms with Crippen molar-refractivity contribution in [2.45, 2.75) is 31.6 Å². The van der Waals surface area contributed by atoms with Gasteiger partial charge < -0.3 is 0 Å². The van der Waals surface area contributed by atoms with Crippen molar-refractivity contribution in [1.29, 1.82) is 0 Å². The van der Waals surface area contributed by atoms with Gasteiger partial charge in [0.2, 0.25) is 0 Å². The summed E-state index contributed by atoms with van der Waals surface area (Å²) in [5.74, 6) is 0. The van der Waals surface area contributed by atoms with E-state index >= 15 is 0 Å². The van der Waals surface area contributed by atoms with Crippen molar-refractivity contribution in [2.24, 2.45) is 0 Å². The molecule has 1 fully saturated rings. The van der Waals surface area contributed by atoms with Gasteiger partial charge >= 0.3 is 0 Å². The van der Waals surface area contributed by atoms with Crippen molar-refractivity contribution in [1.82, 2.24) is 4.47 Å². The molecule has 19 heavy (non-hydrogen) atoms. The predicted molar refractivity (Wildman–Crippen MR) is 75.0 cm³/mol. The molecule has 1 aliphatic rings. The maximum absolute atomic E-state index is 12.6. The monoisotopic (exact) mass is 323 g/mol. The number of hydrogen-bond acceptors (Lipinski definition) is 3. The van der Waals surface area contributed by atoms with Crippen molar-refractivity contribution in [2.75, 3.05) is 13.2 Å². The Hall–Kier alpha value is -0.330. The fourth-order valence-electron chi connectivity index (χ4n) is 1.99. The molecule has 0 spiro atoms. The molecule has 106 valence electrons. The molecule has 1 aromatic rings. The molecule has 1 saturated heterocycles. The average Bonchev–Trinajstić information content (AvgIpc) is 2.37. The van der Waals surface area contributed by atoms with E-state index in [-0.39, 0.29) is 9.92 Å². The number of hydrogen-bond donors (Lipinski definition) is 0. The van der Waals surface area contributed by atoms with Gasteiger partial charge in [0.15, 0.2) is 0 Å². The Morgan fingerprint density at radius 2 is 1.95 bits per heavy atom. The highest BCUT2D eigenvalue weighted by molar-refractivity contribution is 7.89. The second kappa shape index (κ2) is 5.58. The Morgan fingerprint density at radius 1 is 1.26 bits per heavy atom. The Morgan fingerprint density at radius 3 is 2.53 bits per heavy atom. The van der Waals surface area contributed by atoms with E-state index in [0.29, 0.717) is 29.3 Å². The van der Waals surface area contributed by atoms with Gasteiger partial charge in [0.25, 0.3) is 10.0 Å². The molecular weight excluding hydrogens is 309 g/mol. The second-order valence-electron chi connectivity index (χ2n) is 4.52. The second-order valence-corrected chi connectivity index (χ2v) is 7.07. The summed E-state index contributed by atoms with van der Waals surface area (Å²) in [6.45, 7) is 4.10. The van der Waals surface area contributed by atoms with Gasteiger partial charge in [-0.2, -0.15) is 0 Å². The molecule has 0 aromatic heterocycles. The zero-order chi connectivity index (χ0) is 14.2. The van der Waals surface area contributed by atoms with Crippen LogP contribution in [0, 0.1) is 13.8 Å². The molecule has 0 unspecified atom stereocenters. The van der Waals surface area contributed by atoms with Gasteiger partial charge in [-0.05, 0) is 43.9 Å². The third kappa shape index (κ3) is 2.76. The van der Waals surface area contributed by atoms with Gasteiger partial charge in [0.1, 0.15) is 4.90 Å². The molecular formula is C12H15Cl2NO3S. The van der Waals surface area contributed by atoms with Crippen molar-refractivity contribution in [3.63, 3.8) is 0 Å². The van der Waals surface area contributed by atoms with Crippen LogP contribution in [0.25, 0.3) is 0 Å². The number of benzene rings is 1. The molecule has 1 aliphatic heterocycles. The van der Waals surface area contributed by atoms with Crippen molar-refractivity contribution >= 4 is 33.2 Å². The number of aryl methyl sites for hydroxylation is 1. The van der Waals surface area contributed by atoms with Crippen molar-refractivity contribution < 1.29 is 13.3 Å². The lowest BCUT2D eigenvalue weighted by molar-refractivity contribution is -0.108. The van der Waals surface area contributed by atoms with Crippen LogP contribution in [0.4, 0.5) is 0 Å². The van der Waals surface area contributed by atoms with Crippen LogP contribution in [0.1, 0.15) is 24.0 Å². The van der Waals surface area contributed by atoms with Gasteiger partial charge in [-0.3, -0.25) is 4.84 Å². The first-order chi connectivity index (χ1) is 8.85. The highest BCUT2D eigenvalue weighted by atomic mass is 35.5. The molecule has 0 aliphatic carbocycles. The van der Waals surface area contributed by atoms with Gasteiger partial charge in [0, 0.05) is 11.6 Å². The predicted octanol–water partition coefficient (Wildman–Crippen LogP) is 3.33. The summed E-state index contributed by atoms with van der Waals surface area (Å²) in [6, 6.07) is 1.66. The largest absolute Gasteiger partial charge is 0.284 e. The quantitative estimate of drug-likeness (QED) is 0.838. The normalized spacial score (nSPS) is 17.7. The van der Waals surface area contributed by atoms with Crippen LogP contribution in [-0.2, 0) is 14.9 Å². The lowest BCUT2D eigenvalue weighted by Gasteiger charge is -2.26. The maximum atomic E-state index is 12.6. The summed E-state index contributed by atoms with van der Waals surface area (Å²) >= 11 is 12.2. The molecule has 4 nitrogen and oxygen atoms in total. The van der Waals surface area contributed by atoms with E-state index in [9.17, 15) is 8.42 Å². The van der Waals surface area contributed by atoms with Crippen LogP contribution in [0.5, 0.6) is 0 Å². The molecule has 0 N–H and O–H groups in total. The van der Waals surface area contributed by atoms with Crippen molar-refractivity contribution in [3.8, 4) is 0 Å². The van der Waals surface area contributed by atoms with Crippen LogP contribution in [0.2, 0.25) is 10.0 Å². The first kappa shape index (κ1) is 15.1. The molecule has 1 aromatic carbocycles. The average molecular weight is 324 g/mol. The Bertz CT molecular complexity index is 569. The molecule has 0 bridgehead atoms. The lowest BCUT2D eigenvalue weighted by Crippen LogP contribution is -2.36.